The Morgan fingerprint density at radius 3 is 2.90 bits per heavy atom. The van der Waals surface area contributed by atoms with E-state index in [1.165, 1.54) is 0 Å². The van der Waals surface area contributed by atoms with E-state index in [-0.39, 0.29) is 6.04 Å². The summed E-state index contributed by atoms with van der Waals surface area (Å²) in [6.45, 7) is 3.77. The first-order valence-electron chi connectivity index (χ1n) is 3.35. The fourth-order valence-electron chi connectivity index (χ4n) is 0.832. The van der Waals surface area contributed by atoms with Crippen molar-refractivity contribution in [2.24, 2.45) is 5.73 Å². The Morgan fingerprint density at radius 2 is 2.50 bits per heavy atom. The third kappa shape index (κ3) is 1.84. The predicted molar refractivity (Wildman–Crippen MR) is 38.6 cm³/mol. The molecule has 0 amide bonds. The molecule has 0 spiro atoms. The molecule has 0 saturated carbocycles. The summed E-state index contributed by atoms with van der Waals surface area (Å²) in [6.07, 6.45) is 2.44. The highest BCUT2D eigenvalue weighted by molar-refractivity contribution is 4.97. The van der Waals surface area contributed by atoms with Crippen molar-refractivity contribution in [3.63, 3.8) is 0 Å². The van der Waals surface area contributed by atoms with Gasteiger partial charge in [0.1, 0.15) is 6.26 Å². The summed E-state index contributed by atoms with van der Waals surface area (Å²) in [6, 6.07) is 0.157. The average molecular weight is 140 g/mol. The molecule has 1 aromatic rings. The zero-order valence-corrected chi connectivity index (χ0v) is 6.29. The zero-order valence-electron chi connectivity index (χ0n) is 6.29. The van der Waals surface area contributed by atoms with Crippen LogP contribution < -0.4 is 5.73 Å². The van der Waals surface area contributed by atoms with Crippen molar-refractivity contribution < 1.29 is 4.42 Å². The second kappa shape index (κ2) is 2.84. The van der Waals surface area contributed by atoms with Gasteiger partial charge in [-0.15, -0.1) is 0 Å². The lowest BCUT2D eigenvalue weighted by Crippen LogP contribution is -2.17. The Kier molecular flexibility index (Phi) is 2.06. The molecule has 0 aliphatic rings. The van der Waals surface area contributed by atoms with Gasteiger partial charge in [-0.25, -0.2) is 4.98 Å². The minimum atomic E-state index is 0.157. The molecule has 0 aliphatic heterocycles. The van der Waals surface area contributed by atoms with E-state index in [0.717, 1.165) is 12.1 Å². The average Bonchev–Trinajstić information content (AvgIpc) is 2.13. The fourth-order valence-corrected chi connectivity index (χ4v) is 0.832. The first-order chi connectivity index (χ1) is 4.68. The zero-order chi connectivity index (χ0) is 7.56. The van der Waals surface area contributed by atoms with Crippen molar-refractivity contribution in [2.75, 3.05) is 0 Å². The van der Waals surface area contributed by atoms with E-state index in [4.69, 9.17) is 10.2 Å². The molecule has 1 aromatic heterocycles. The molecule has 3 heteroatoms. The Morgan fingerprint density at radius 1 is 1.80 bits per heavy atom. The molecule has 0 bridgehead atoms. The standard InChI is InChI=1S/C7H12N2O/c1-5(8)3-7-4-10-6(2)9-7/h4-5H,3,8H2,1-2H3. The molecule has 10 heavy (non-hydrogen) atoms. The van der Waals surface area contributed by atoms with Crippen LogP contribution in [-0.2, 0) is 6.42 Å². The van der Waals surface area contributed by atoms with Crippen LogP contribution >= 0.6 is 0 Å². The minimum Gasteiger partial charge on any atom is -0.449 e. The number of nitrogens with zero attached hydrogens (tertiary/aromatic N) is 1. The van der Waals surface area contributed by atoms with Crippen molar-refractivity contribution in [3.05, 3.63) is 17.8 Å². The quantitative estimate of drug-likeness (QED) is 0.663. The van der Waals surface area contributed by atoms with Gasteiger partial charge in [0.2, 0.25) is 0 Å². The number of aryl methyl sites for hydroxylation is 1. The van der Waals surface area contributed by atoms with Gasteiger partial charge in [-0.05, 0) is 6.92 Å². The Bertz CT molecular complexity index is 205. The SMILES string of the molecule is Cc1nc(CC(C)N)co1. The van der Waals surface area contributed by atoms with Crippen molar-refractivity contribution in [2.45, 2.75) is 26.3 Å². The van der Waals surface area contributed by atoms with E-state index in [2.05, 4.69) is 4.98 Å². The van der Waals surface area contributed by atoms with Crippen LogP contribution in [0.5, 0.6) is 0 Å². The monoisotopic (exact) mass is 140 g/mol. The van der Waals surface area contributed by atoms with Gasteiger partial charge in [0.05, 0.1) is 5.69 Å². The van der Waals surface area contributed by atoms with E-state index < -0.39 is 0 Å². The summed E-state index contributed by atoms with van der Waals surface area (Å²) >= 11 is 0. The van der Waals surface area contributed by atoms with E-state index in [9.17, 15) is 0 Å². The van der Waals surface area contributed by atoms with Gasteiger partial charge in [0, 0.05) is 19.4 Å². The summed E-state index contributed by atoms with van der Waals surface area (Å²) in [4.78, 5) is 4.10. The first-order valence-corrected chi connectivity index (χ1v) is 3.35. The molecule has 0 fully saturated rings. The van der Waals surface area contributed by atoms with Crippen LogP contribution in [0.1, 0.15) is 18.5 Å². The highest BCUT2D eigenvalue weighted by Gasteiger charge is 2.01. The molecule has 1 atom stereocenters. The molecule has 0 saturated heterocycles. The molecular formula is C7H12N2O. The van der Waals surface area contributed by atoms with Crippen LogP contribution in [0.15, 0.2) is 10.7 Å². The molecule has 1 unspecified atom stereocenters. The summed E-state index contributed by atoms with van der Waals surface area (Å²) in [5.41, 5.74) is 6.49. The van der Waals surface area contributed by atoms with E-state index in [0.29, 0.717) is 5.89 Å². The van der Waals surface area contributed by atoms with Gasteiger partial charge in [-0.2, -0.15) is 0 Å². The summed E-state index contributed by atoms with van der Waals surface area (Å²) < 4.78 is 5.00. The minimum absolute atomic E-state index is 0.157. The first kappa shape index (κ1) is 7.28. The fraction of sp³-hybridized carbons (Fsp3) is 0.571. The molecule has 0 aromatic carbocycles. The van der Waals surface area contributed by atoms with Crippen molar-refractivity contribution in [3.8, 4) is 0 Å². The Hall–Kier alpha value is -0.830. The molecule has 0 radical (unpaired) electrons. The predicted octanol–water partition coefficient (Wildman–Crippen LogP) is 0.873. The topological polar surface area (TPSA) is 52.0 Å². The Balaban J connectivity index is 2.58. The molecular weight excluding hydrogens is 128 g/mol. The lowest BCUT2D eigenvalue weighted by molar-refractivity contribution is 0.520. The van der Waals surface area contributed by atoms with Gasteiger partial charge < -0.3 is 10.2 Å². The van der Waals surface area contributed by atoms with E-state index in [1.807, 2.05) is 13.8 Å². The summed E-state index contributed by atoms with van der Waals surface area (Å²) in [5.74, 6) is 0.704. The second-order valence-corrected chi connectivity index (χ2v) is 2.54. The van der Waals surface area contributed by atoms with Gasteiger partial charge in [0.25, 0.3) is 0 Å². The summed E-state index contributed by atoms with van der Waals surface area (Å²) in [7, 11) is 0. The maximum atomic E-state index is 5.55. The number of oxazole rings is 1. The molecule has 3 nitrogen and oxygen atoms in total. The highest BCUT2D eigenvalue weighted by atomic mass is 16.3. The van der Waals surface area contributed by atoms with Crippen LogP contribution in [0.4, 0.5) is 0 Å². The van der Waals surface area contributed by atoms with Gasteiger partial charge in [-0.3, -0.25) is 0 Å². The molecule has 2 N–H and O–H groups in total. The number of hydrogen-bond donors (Lipinski definition) is 1. The third-order valence-corrected chi connectivity index (χ3v) is 1.20. The normalized spacial score (nSPS) is 13.5. The lowest BCUT2D eigenvalue weighted by atomic mass is 10.2. The maximum Gasteiger partial charge on any atom is 0.191 e. The van der Waals surface area contributed by atoms with Crippen molar-refractivity contribution in [1.82, 2.24) is 4.98 Å². The summed E-state index contributed by atoms with van der Waals surface area (Å²) in [5, 5.41) is 0. The van der Waals surface area contributed by atoms with Crippen LogP contribution in [-0.4, -0.2) is 11.0 Å². The molecule has 0 aliphatic carbocycles. The van der Waals surface area contributed by atoms with Crippen LogP contribution in [0.3, 0.4) is 0 Å². The smallest absolute Gasteiger partial charge is 0.191 e. The number of nitrogens with two attached hydrogens (primary N) is 1. The number of rotatable bonds is 2. The lowest BCUT2D eigenvalue weighted by Gasteiger charge is -1.97. The number of hydrogen-bond acceptors (Lipinski definition) is 3. The molecule has 1 rings (SSSR count). The third-order valence-electron chi connectivity index (χ3n) is 1.20. The molecule has 56 valence electrons. The van der Waals surface area contributed by atoms with Crippen LogP contribution in [0.2, 0.25) is 0 Å². The van der Waals surface area contributed by atoms with Crippen LogP contribution in [0, 0.1) is 6.92 Å². The van der Waals surface area contributed by atoms with Gasteiger partial charge in [0.15, 0.2) is 5.89 Å². The van der Waals surface area contributed by atoms with Crippen molar-refractivity contribution in [1.29, 1.82) is 0 Å². The number of aromatic nitrogens is 1. The van der Waals surface area contributed by atoms with Gasteiger partial charge >= 0.3 is 0 Å². The highest BCUT2D eigenvalue weighted by Crippen LogP contribution is 2.01. The largest absolute Gasteiger partial charge is 0.449 e. The molecule has 1 heterocycles. The van der Waals surface area contributed by atoms with Crippen LogP contribution in [0.25, 0.3) is 0 Å². The van der Waals surface area contributed by atoms with Crippen molar-refractivity contribution >= 4 is 0 Å². The second-order valence-electron chi connectivity index (χ2n) is 2.54. The van der Waals surface area contributed by atoms with Gasteiger partial charge in [-0.1, -0.05) is 0 Å². The Labute approximate surface area is 60.2 Å². The van der Waals surface area contributed by atoms with E-state index in [1.54, 1.807) is 6.26 Å². The maximum absolute atomic E-state index is 5.55. The van der Waals surface area contributed by atoms with E-state index >= 15 is 0 Å².